The summed E-state index contributed by atoms with van der Waals surface area (Å²) in [4.78, 5) is 19.6. The maximum atomic E-state index is 14.0. The van der Waals surface area contributed by atoms with Crippen molar-refractivity contribution in [2.75, 3.05) is 17.3 Å². The van der Waals surface area contributed by atoms with Crippen molar-refractivity contribution < 1.29 is 22.3 Å². The number of nitrogens with zero attached hydrogens (tertiary/aromatic N) is 5. The number of allylic oxidation sites excluding steroid dienone is 2. The Morgan fingerprint density at radius 1 is 0.490 bits per heavy atom. The molecular formula is C87H112F4N6O. The number of aryl methyl sites for hydroxylation is 4. The van der Waals surface area contributed by atoms with E-state index in [1.165, 1.54) is 122 Å². The van der Waals surface area contributed by atoms with E-state index in [0.29, 0.717) is 21.9 Å². The summed E-state index contributed by atoms with van der Waals surface area (Å²) >= 11 is 0. The average molecular weight is 1330 g/mol. The number of nitrogens with one attached hydrogen (secondary N) is 1. The summed E-state index contributed by atoms with van der Waals surface area (Å²) in [5, 5.41) is 6.08. The maximum absolute atomic E-state index is 14.0. The fourth-order valence-electron chi connectivity index (χ4n) is 14.2. The van der Waals surface area contributed by atoms with Crippen LogP contribution in [0.5, 0.6) is 5.75 Å². The number of hydrogen-bond acceptors (Lipinski definition) is 7. The summed E-state index contributed by atoms with van der Waals surface area (Å²) < 4.78 is 55.6. The van der Waals surface area contributed by atoms with Crippen LogP contribution >= 0.6 is 0 Å². The van der Waals surface area contributed by atoms with Crippen LogP contribution in [0.2, 0.25) is 0 Å². The van der Waals surface area contributed by atoms with E-state index >= 15 is 0 Å². The van der Waals surface area contributed by atoms with E-state index in [-0.39, 0.29) is 38.6 Å². The number of aromatic nitrogens is 4. The molecule has 0 spiro atoms. The number of para-hydroxylation sites is 1. The Labute approximate surface area is 585 Å². The lowest BCUT2D eigenvalue weighted by Crippen LogP contribution is -2.21. The molecule has 7 nitrogen and oxygen atoms in total. The Kier molecular flexibility index (Phi) is 24.2. The molecule has 98 heavy (non-hydrogen) atoms. The first kappa shape index (κ1) is 77.4. The van der Waals surface area contributed by atoms with Gasteiger partial charge < -0.3 is 15.0 Å². The van der Waals surface area contributed by atoms with Crippen molar-refractivity contribution in [3.8, 4) is 5.75 Å². The predicted molar refractivity (Wildman–Crippen MR) is 408 cm³/mol. The minimum absolute atomic E-state index is 0.0721. The molecule has 1 saturated carbocycles. The highest BCUT2D eigenvalue weighted by atomic mass is 19.4. The molecule has 0 saturated heterocycles. The number of alkyl halides is 3. The molecule has 2 aliphatic heterocycles. The third-order valence-electron chi connectivity index (χ3n) is 18.3. The quantitative estimate of drug-likeness (QED) is 0.173. The van der Waals surface area contributed by atoms with Crippen LogP contribution in [0.4, 0.5) is 28.9 Å². The summed E-state index contributed by atoms with van der Waals surface area (Å²) in [6.07, 6.45) is 12.2. The molecule has 12 rings (SSSR count). The molecule has 0 atom stereocenters. The van der Waals surface area contributed by atoms with Gasteiger partial charge in [-0.25, -0.2) is 4.39 Å². The number of ether oxygens (including phenoxy) is 1. The number of pyridine rings is 4. The highest BCUT2D eigenvalue weighted by Crippen LogP contribution is 2.45. The van der Waals surface area contributed by atoms with Gasteiger partial charge in [-0.1, -0.05) is 180 Å². The summed E-state index contributed by atoms with van der Waals surface area (Å²) in [6, 6.07) is 33.3. The smallest absolute Gasteiger partial charge is 0.405 e. The van der Waals surface area contributed by atoms with Gasteiger partial charge in [0, 0.05) is 87.9 Å². The molecule has 0 bridgehead atoms. The van der Waals surface area contributed by atoms with E-state index in [0.717, 1.165) is 53.0 Å². The van der Waals surface area contributed by atoms with Gasteiger partial charge in [0.15, 0.2) is 0 Å². The number of hydrogen-bond donors (Lipinski definition) is 1. The van der Waals surface area contributed by atoms with Crippen molar-refractivity contribution in [2.24, 2.45) is 0 Å². The van der Waals surface area contributed by atoms with Gasteiger partial charge in [0.25, 0.3) is 0 Å². The Balaban J connectivity index is 0.000000166. The monoisotopic (exact) mass is 1330 g/mol. The minimum atomic E-state index is -4.70. The third kappa shape index (κ3) is 19.9. The van der Waals surface area contributed by atoms with Gasteiger partial charge in [0.05, 0.1) is 16.6 Å². The highest BCUT2D eigenvalue weighted by Gasteiger charge is 2.35. The van der Waals surface area contributed by atoms with Crippen LogP contribution in [0.15, 0.2) is 152 Å². The molecule has 524 valence electrons. The molecule has 0 amide bonds. The molecular weight excluding hydrogens is 1220 g/mol. The molecule has 3 aliphatic rings. The second kappa shape index (κ2) is 30.7. The lowest BCUT2D eigenvalue weighted by molar-refractivity contribution is -0.275. The van der Waals surface area contributed by atoms with Crippen LogP contribution in [0, 0.1) is 33.5 Å². The fraction of sp³-hybridized carbons (Fsp3) is 0.448. The zero-order chi connectivity index (χ0) is 72.8. The van der Waals surface area contributed by atoms with E-state index in [4.69, 9.17) is 0 Å². The van der Waals surface area contributed by atoms with Crippen molar-refractivity contribution in [1.82, 2.24) is 19.9 Å². The van der Waals surface area contributed by atoms with Gasteiger partial charge >= 0.3 is 6.36 Å². The summed E-state index contributed by atoms with van der Waals surface area (Å²) in [7, 11) is 2.15. The first-order valence-corrected chi connectivity index (χ1v) is 35.0. The lowest BCUT2D eigenvalue weighted by Gasteiger charge is -2.29. The van der Waals surface area contributed by atoms with E-state index in [2.05, 4.69) is 228 Å². The van der Waals surface area contributed by atoms with Gasteiger partial charge in [0.1, 0.15) is 11.6 Å². The van der Waals surface area contributed by atoms with Crippen molar-refractivity contribution in [3.63, 3.8) is 0 Å². The number of rotatable bonds is 2. The zero-order valence-electron chi connectivity index (χ0n) is 63.4. The van der Waals surface area contributed by atoms with E-state index in [1.54, 1.807) is 30.6 Å². The molecule has 4 aromatic heterocycles. The molecule has 11 heteroatoms. The van der Waals surface area contributed by atoms with Crippen molar-refractivity contribution >= 4 is 44.1 Å². The molecule has 6 heterocycles. The number of benzene rings is 5. The van der Waals surface area contributed by atoms with Crippen LogP contribution in [-0.2, 0) is 45.3 Å². The summed E-state index contributed by atoms with van der Waals surface area (Å²) in [5.41, 5.74) is 24.5. The Morgan fingerprint density at radius 3 is 1.62 bits per heavy atom. The van der Waals surface area contributed by atoms with E-state index in [1.807, 2.05) is 64.4 Å². The first-order chi connectivity index (χ1) is 45.4. The van der Waals surface area contributed by atoms with Crippen LogP contribution < -0.4 is 15.0 Å². The predicted octanol–water partition coefficient (Wildman–Crippen LogP) is 24.6. The topological polar surface area (TPSA) is 76.1 Å². The SMILES string of the molecule is C=C1CCCc2c(ccc(C)c2C(C)(C)C)N1.C=C1CCCc2c(ccc(C)c2C(C)(C)C)N1C.CC(C)(C)c1c(OC(F)(F)F)ccc2ncccc12.CC(C)(C)c1cccnc1C1CC1.Cc1cc(F)c2c(C(C)(C)C)ccnc2c1.Cc1cnc2ccccc2c1C(C)(C)C. The van der Waals surface area contributed by atoms with Crippen LogP contribution in [0.1, 0.15) is 242 Å². The van der Waals surface area contributed by atoms with Crippen molar-refractivity contribution in [1.29, 1.82) is 0 Å². The van der Waals surface area contributed by atoms with Crippen molar-refractivity contribution in [3.05, 3.63) is 231 Å². The maximum Gasteiger partial charge on any atom is 0.573 e. The number of halogens is 4. The first-order valence-electron chi connectivity index (χ1n) is 35.0. The molecule has 0 unspecified atom stereocenters. The largest absolute Gasteiger partial charge is 0.573 e. The number of fused-ring (bicyclic) bond motifs is 5. The molecule has 0 radical (unpaired) electrons. The summed E-state index contributed by atoms with van der Waals surface area (Å²) in [6.45, 7) is 55.9. The Morgan fingerprint density at radius 2 is 1.02 bits per heavy atom. The van der Waals surface area contributed by atoms with E-state index < -0.39 is 11.8 Å². The Hall–Kier alpha value is -7.92. The lowest BCUT2D eigenvalue weighted by atomic mass is 9.79. The highest BCUT2D eigenvalue weighted by molar-refractivity contribution is 5.86. The standard InChI is InChI=1S/C17H25N.C16H23N.C14H14F3NO.C14H16FN.C14H17N.C12H17N/c1-12-10-11-15-14(16(12)17(3,4)5)9-7-8-13(2)18(15)6;1-11-9-10-14-13(15(11)16(3,4)5)8-6-7-12(2)17-14;1-13(2,3)12-9-5-4-8-18-10(9)6-7-11(12)19-14(15,16)17;1-9-7-11(15)13-10(14(2,3)4)5-6-16-12(13)8-9;1-10-9-15-12-8-6-5-7-11(12)13(10)14(2,3)4;1-12(2,3)10-5-4-8-13-11(10)9-6-7-9/h10-11H,2,7-9H2,1,3-6H3;9-10,17H,2,6-8H2,1,3-5H3;4-8H,1-3H3;5-8H,1-4H3;5-9H,1-4H3;4-5,8-9H,6-7H2,1-3H3. The van der Waals surface area contributed by atoms with Crippen LogP contribution in [-0.4, -0.2) is 33.3 Å². The van der Waals surface area contributed by atoms with Gasteiger partial charge in [0.2, 0.25) is 0 Å². The summed E-state index contributed by atoms with van der Waals surface area (Å²) in [5.74, 6) is 0.420. The normalized spacial score (nSPS) is 14.4. The van der Waals surface area contributed by atoms with Gasteiger partial charge in [-0.3, -0.25) is 19.9 Å². The van der Waals surface area contributed by atoms with Gasteiger partial charge in [-0.05, 0) is 233 Å². The van der Waals surface area contributed by atoms with E-state index in [9.17, 15) is 17.6 Å². The average Bonchev–Trinajstić information content (AvgIpc) is 1.01. The molecule has 1 N–H and O–H groups in total. The molecule has 5 aromatic carbocycles. The number of anilines is 2. The van der Waals surface area contributed by atoms with Gasteiger partial charge in [-0.15, -0.1) is 13.2 Å². The van der Waals surface area contributed by atoms with Crippen LogP contribution in [0.25, 0.3) is 32.7 Å². The fourth-order valence-corrected chi connectivity index (χ4v) is 14.2. The van der Waals surface area contributed by atoms with Crippen LogP contribution in [0.3, 0.4) is 0 Å². The Bertz CT molecular complexity index is 4280. The van der Waals surface area contributed by atoms with Gasteiger partial charge in [-0.2, -0.15) is 0 Å². The minimum Gasteiger partial charge on any atom is -0.405 e. The second-order valence-corrected chi connectivity index (χ2v) is 33.2. The second-order valence-electron chi connectivity index (χ2n) is 33.2. The molecule has 1 aliphatic carbocycles. The molecule has 9 aromatic rings. The van der Waals surface area contributed by atoms with Crippen molar-refractivity contribution in [2.45, 2.75) is 248 Å². The molecule has 1 fully saturated rings. The third-order valence-corrected chi connectivity index (χ3v) is 18.3. The zero-order valence-corrected chi connectivity index (χ0v) is 63.4.